The summed E-state index contributed by atoms with van der Waals surface area (Å²) in [5.74, 6) is 1.10. The summed E-state index contributed by atoms with van der Waals surface area (Å²) in [5, 5.41) is 2.89. The summed E-state index contributed by atoms with van der Waals surface area (Å²) in [6.45, 7) is 2.44. The molecular formula is C15H15NO2S. The molecule has 2 heterocycles. The number of ether oxygens (including phenoxy) is 1. The number of carbonyl (C=O) groups is 1. The van der Waals surface area contributed by atoms with Crippen LogP contribution in [0, 0.1) is 12.8 Å². The van der Waals surface area contributed by atoms with Gasteiger partial charge in [0.15, 0.2) is 0 Å². The van der Waals surface area contributed by atoms with Crippen LogP contribution >= 0.6 is 11.3 Å². The first kappa shape index (κ1) is 12.4. The van der Waals surface area contributed by atoms with Gasteiger partial charge in [0, 0.05) is 11.1 Å². The molecule has 3 nitrogen and oxygen atoms in total. The normalized spacial score (nSPS) is 17.6. The zero-order valence-electron chi connectivity index (χ0n) is 10.8. The summed E-state index contributed by atoms with van der Waals surface area (Å²) in [7, 11) is 0. The maximum Gasteiger partial charge on any atom is 0.146 e. The minimum absolute atomic E-state index is 0.0425. The van der Waals surface area contributed by atoms with E-state index in [1.54, 1.807) is 11.3 Å². The van der Waals surface area contributed by atoms with Gasteiger partial charge in [-0.15, -0.1) is 11.3 Å². The molecule has 1 unspecified atom stereocenters. The lowest BCUT2D eigenvalue weighted by Gasteiger charge is -2.24. The molecule has 2 aromatic rings. The number of nitrogens with zero attached hydrogens (tertiary/aromatic N) is 1. The maximum absolute atomic E-state index is 12.3. The van der Waals surface area contributed by atoms with Crippen molar-refractivity contribution in [3.63, 3.8) is 0 Å². The lowest BCUT2D eigenvalue weighted by molar-refractivity contribution is -0.123. The third-order valence-electron chi connectivity index (χ3n) is 3.33. The average Bonchev–Trinajstić information content (AvgIpc) is 2.83. The van der Waals surface area contributed by atoms with E-state index in [4.69, 9.17) is 4.74 Å². The highest BCUT2D eigenvalue weighted by Crippen LogP contribution is 2.27. The average molecular weight is 273 g/mol. The number of aryl methyl sites for hydroxylation is 1. The monoisotopic (exact) mass is 273 g/mol. The maximum atomic E-state index is 12.3. The molecule has 3 rings (SSSR count). The fraction of sp³-hybridized carbons (Fsp3) is 0.333. The van der Waals surface area contributed by atoms with Crippen molar-refractivity contribution in [2.24, 2.45) is 5.92 Å². The quantitative estimate of drug-likeness (QED) is 0.863. The highest BCUT2D eigenvalue weighted by atomic mass is 32.1. The van der Waals surface area contributed by atoms with E-state index in [1.807, 2.05) is 36.6 Å². The highest BCUT2D eigenvalue weighted by molar-refractivity contribution is 7.09. The van der Waals surface area contributed by atoms with E-state index < -0.39 is 0 Å². The number of carbonyl (C=O) groups excluding carboxylic acids is 1. The Kier molecular flexibility index (Phi) is 3.34. The van der Waals surface area contributed by atoms with E-state index in [-0.39, 0.29) is 11.7 Å². The molecule has 0 fully saturated rings. The van der Waals surface area contributed by atoms with Crippen molar-refractivity contribution in [3.05, 3.63) is 45.9 Å². The molecule has 0 saturated heterocycles. The summed E-state index contributed by atoms with van der Waals surface area (Å²) in [4.78, 5) is 16.6. The molecule has 0 spiro atoms. The summed E-state index contributed by atoms with van der Waals surface area (Å²) in [5.41, 5.74) is 2.11. The van der Waals surface area contributed by atoms with Crippen molar-refractivity contribution in [1.29, 1.82) is 0 Å². The molecule has 0 N–H and O–H groups in total. The minimum atomic E-state index is -0.0425. The Morgan fingerprint density at radius 1 is 1.47 bits per heavy atom. The van der Waals surface area contributed by atoms with Crippen LogP contribution < -0.4 is 4.74 Å². The third-order valence-corrected chi connectivity index (χ3v) is 4.29. The van der Waals surface area contributed by atoms with Gasteiger partial charge in [-0.3, -0.25) is 4.79 Å². The Labute approximate surface area is 116 Å². The van der Waals surface area contributed by atoms with Crippen molar-refractivity contribution in [2.45, 2.75) is 19.8 Å². The lowest BCUT2D eigenvalue weighted by Crippen LogP contribution is -2.29. The topological polar surface area (TPSA) is 39.2 Å². The molecule has 98 valence electrons. The second kappa shape index (κ2) is 5.13. The van der Waals surface area contributed by atoms with Gasteiger partial charge < -0.3 is 4.74 Å². The summed E-state index contributed by atoms with van der Waals surface area (Å²) >= 11 is 1.55. The van der Waals surface area contributed by atoms with Gasteiger partial charge in [0.1, 0.15) is 16.5 Å². The van der Waals surface area contributed by atoms with Crippen LogP contribution in [0.4, 0.5) is 0 Å². The summed E-state index contributed by atoms with van der Waals surface area (Å²) in [6.07, 6.45) is 1.20. The van der Waals surface area contributed by atoms with Crippen LogP contribution in [-0.2, 0) is 17.6 Å². The van der Waals surface area contributed by atoms with Crippen LogP contribution in [-0.4, -0.2) is 17.4 Å². The number of benzene rings is 1. The van der Waals surface area contributed by atoms with Crippen molar-refractivity contribution >= 4 is 17.1 Å². The predicted molar refractivity (Wildman–Crippen MR) is 74.7 cm³/mol. The van der Waals surface area contributed by atoms with Crippen molar-refractivity contribution in [1.82, 2.24) is 4.98 Å². The molecule has 1 aliphatic heterocycles. The molecule has 0 saturated carbocycles. The molecule has 1 aromatic carbocycles. The van der Waals surface area contributed by atoms with Crippen molar-refractivity contribution < 1.29 is 9.53 Å². The first-order chi connectivity index (χ1) is 9.22. The van der Waals surface area contributed by atoms with Gasteiger partial charge in [-0.2, -0.15) is 0 Å². The van der Waals surface area contributed by atoms with Gasteiger partial charge >= 0.3 is 0 Å². The SMILES string of the molecule is Cc1csc(CC(=O)C2COc3ccccc3C2)n1. The number of hydrogen-bond acceptors (Lipinski definition) is 4. The number of ketones is 1. The van der Waals surface area contributed by atoms with Crippen LogP contribution in [0.5, 0.6) is 5.75 Å². The molecule has 1 atom stereocenters. The molecule has 19 heavy (non-hydrogen) atoms. The fourth-order valence-corrected chi connectivity index (χ4v) is 3.09. The van der Waals surface area contributed by atoms with Gasteiger partial charge in [-0.1, -0.05) is 18.2 Å². The highest BCUT2D eigenvalue weighted by Gasteiger charge is 2.26. The molecular weight excluding hydrogens is 258 g/mol. The first-order valence-electron chi connectivity index (χ1n) is 6.37. The van der Waals surface area contributed by atoms with E-state index in [9.17, 15) is 4.79 Å². The largest absolute Gasteiger partial charge is 0.493 e. The van der Waals surface area contributed by atoms with Crippen LogP contribution in [0.25, 0.3) is 0 Å². The number of thiazole rings is 1. The van der Waals surface area contributed by atoms with Gasteiger partial charge in [-0.25, -0.2) is 4.98 Å². The van der Waals surface area contributed by atoms with Crippen molar-refractivity contribution in [2.75, 3.05) is 6.61 Å². The number of rotatable bonds is 3. The van der Waals surface area contributed by atoms with Crippen molar-refractivity contribution in [3.8, 4) is 5.75 Å². The van der Waals surface area contributed by atoms with E-state index in [2.05, 4.69) is 4.98 Å². The van der Waals surface area contributed by atoms with Crippen LogP contribution in [0.3, 0.4) is 0 Å². The second-order valence-corrected chi connectivity index (χ2v) is 5.79. The zero-order valence-corrected chi connectivity index (χ0v) is 11.6. The Bertz CT molecular complexity index is 606. The zero-order chi connectivity index (χ0) is 13.2. The number of aromatic nitrogens is 1. The van der Waals surface area contributed by atoms with Gasteiger partial charge in [0.25, 0.3) is 0 Å². The van der Waals surface area contributed by atoms with Gasteiger partial charge in [0.05, 0.1) is 18.9 Å². The van der Waals surface area contributed by atoms with E-state index in [0.29, 0.717) is 13.0 Å². The Morgan fingerprint density at radius 2 is 2.32 bits per heavy atom. The fourth-order valence-electron chi connectivity index (χ4n) is 2.31. The molecule has 0 bridgehead atoms. The lowest BCUT2D eigenvalue weighted by atomic mass is 9.92. The standard InChI is InChI=1S/C15H15NO2S/c1-10-9-19-15(16-10)7-13(17)12-6-11-4-2-3-5-14(11)18-8-12/h2-5,9,12H,6-8H2,1H3. The summed E-state index contributed by atoms with van der Waals surface area (Å²) in [6, 6.07) is 7.93. The number of para-hydroxylation sites is 1. The molecule has 1 aliphatic rings. The molecule has 4 heteroatoms. The van der Waals surface area contributed by atoms with E-state index in [0.717, 1.165) is 28.4 Å². The number of hydrogen-bond donors (Lipinski definition) is 0. The molecule has 0 amide bonds. The smallest absolute Gasteiger partial charge is 0.146 e. The molecule has 1 aromatic heterocycles. The van der Waals surface area contributed by atoms with Gasteiger partial charge in [0.2, 0.25) is 0 Å². The Morgan fingerprint density at radius 3 is 3.11 bits per heavy atom. The van der Waals surface area contributed by atoms with E-state index >= 15 is 0 Å². The molecule has 0 aliphatic carbocycles. The minimum Gasteiger partial charge on any atom is -0.493 e. The third kappa shape index (κ3) is 2.68. The summed E-state index contributed by atoms with van der Waals surface area (Å²) < 4.78 is 5.66. The Hall–Kier alpha value is -1.68. The predicted octanol–water partition coefficient (Wildman–Crippen LogP) is 2.81. The van der Waals surface area contributed by atoms with Crippen LogP contribution in [0.15, 0.2) is 29.6 Å². The van der Waals surface area contributed by atoms with Gasteiger partial charge in [-0.05, 0) is 25.0 Å². The Balaban J connectivity index is 1.69. The van der Waals surface area contributed by atoms with Crippen LogP contribution in [0.1, 0.15) is 16.3 Å². The number of Topliss-reactive ketones (excluding diaryl/α,β-unsaturated/α-hetero) is 1. The second-order valence-electron chi connectivity index (χ2n) is 4.85. The molecule has 0 radical (unpaired) electrons. The first-order valence-corrected chi connectivity index (χ1v) is 7.25. The number of fused-ring (bicyclic) bond motifs is 1. The van der Waals surface area contributed by atoms with Crippen LogP contribution in [0.2, 0.25) is 0 Å². The van der Waals surface area contributed by atoms with E-state index in [1.165, 1.54) is 0 Å².